The number of ketones is 1. The highest BCUT2D eigenvalue weighted by atomic mass is 32.2. The maximum atomic E-state index is 13.8. The molecule has 0 aliphatic carbocycles. The van der Waals surface area contributed by atoms with Crippen LogP contribution in [0.4, 0.5) is 4.39 Å². The molecule has 2 aromatic carbocycles. The van der Waals surface area contributed by atoms with E-state index >= 15 is 0 Å². The highest BCUT2D eigenvalue weighted by Gasteiger charge is 2.17. The molecule has 0 aliphatic heterocycles. The molecule has 0 radical (unpaired) electrons. The molecule has 2 heterocycles. The third-order valence-corrected chi connectivity index (χ3v) is 5.14. The second-order valence-electron chi connectivity index (χ2n) is 5.96. The number of fused-ring (bicyclic) bond motifs is 1. The van der Waals surface area contributed by atoms with Crippen LogP contribution in [0.15, 0.2) is 58.3 Å². The highest BCUT2D eigenvalue weighted by Crippen LogP contribution is 2.27. The number of H-pyrrole nitrogens is 1. The number of thioether (sulfide) groups is 1. The molecule has 0 amide bonds. The molecule has 4 rings (SSSR count). The van der Waals surface area contributed by atoms with E-state index in [0.717, 1.165) is 29.1 Å². The molecule has 0 aliphatic rings. The van der Waals surface area contributed by atoms with Crippen LogP contribution in [0.1, 0.15) is 22.8 Å². The summed E-state index contributed by atoms with van der Waals surface area (Å²) < 4.78 is 19.3. The summed E-state index contributed by atoms with van der Waals surface area (Å²) >= 11 is 1.14. The van der Waals surface area contributed by atoms with Gasteiger partial charge in [0.25, 0.3) is 11.1 Å². The summed E-state index contributed by atoms with van der Waals surface area (Å²) in [6.45, 7) is 2.08. The molecular formula is C20H16FN3O2S. The van der Waals surface area contributed by atoms with E-state index in [1.165, 1.54) is 11.6 Å². The number of nitrogens with zero attached hydrogens (tertiary/aromatic N) is 2. The summed E-state index contributed by atoms with van der Waals surface area (Å²) in [5.41, 5.74) is 3.05. The average molecular weight is 381 g/mol. The van der Waals surface area contributed by atoms with Gasteiger partial charge in [0.05, 0.1) is 11.3 Å². The summed E-state index contributed by atoms with van der Waals surface area (Å²) in [5.74, 6) is -0.213. The second kappa shape index (κ2) is 7.36. The van der Waals surface area contributed by atoms with Crippen LogP contribution in [0.5, 0.6) is 0 Å². The van der Waals surface area contributed by atoms with Crippen molar-refractivity contribution in [1.29, 1.82) is 0 Å². The third-order valence-electron chi connectivity index (χ3n) is 4.32. The van der Waals surface area contributed by atoms with Crippen molar-refractivity contribution in [2.75, 3.05) is 5.75 Å². The molecule has 4 aromatic rings. The van der Waals surface area contributed by atoms with Crippen molar-refractivity contribution in [3.8, 4) is 11.5 Å². The molecule has 0 saturated carbocycles. The van der Waals surface area contributed by atoms with Crippen LogP contribution in [-0.2, 0) is 6.42 Å². The molecule has 1 N–H and O–H groups in total. The van der Waals surface area contributed by atoms with E-state index in [2.05, 4.69) is 22.1 Å². The van der Waals surface area contributed by atoms with Gasteiger partial charge in [-0.05, 0) is 24.1 Å². The van der Waals surface area contributed by atoms with Gasteiger partial charge in [0.15, 0.2) is 5.78 Å². The number of benzene rings is 2. The Balaban J connectivity index is 1.50. The Morgan fingerprint density at radius 2 is 2.04 bits per heavy atom. The van der Waals surface area contributed by atoms with Crippen LogP contribution < -0.4 is 0 Å². The fraction of sp³-hybridized carbons (Fsp3) is 0.150. The number of aromatic amines is 1. The monoisotopic (exact) mass is 381 g/mol. The zero-order valence-corrected chi connectivity index (χ0v) is 15.3. The van der Waals surface area contributed by atoms with E-state index in [4.69, 9.17) is 4.42 Å². The summed E-state index contributed by atoms with van der Waals surface area (Å²) in [7, 11) is 0. The van der Waals surface area contributed by atoms with E-state index < -0.39 is 5.82 Å². The minimum Gasteiger partial charge on any atom is -0.411 e. The first-order valence-corrected chi connectivity index (χ1v) is 9.49. The molecule has 27 heavy (non-hydrogen) atoms. The molecule has 5 nitrogen and oxygen atoms in total. The normalized spacial score (nSPS) is 11.2. The average Bonchev–Trinajstić information content (AvgIpc) is 3.33. The number of para-hydroxylation sites is 1. The SMILES string of the molecule is CCc1cccc2c(C(=O)CSc3nnc(-c4ccccc4F)o3)c[nH]c12. The zero-order chi connectivity index (χ0) is 18.8. The number of aryl methyl sites for hydroxylation is 1. The first-order valence-electron chi connectivity index (χ1n) is 8.50. The number of halogens is 1. The van der Waals surface area contributed by atoms with Crippen LogP contribution in [-0.4, -0.2) is 26.7 Å². The Morgan fingerprint density at radius 1 is 1.19 bits per heavy atom. The van der Waals surface area contributed by atoms with Gasteiger partial charge in [-0.25, -0.2) is 4.39 Å². The second-order valence-corrected chi connectivity index (χ2v) is 6.89. The smallest absolute Gasteiger partial charge is 0.277 e. The van der Waals surface area contributed by atoms with Crippen molar-refractivity contribution in [2.45, 2.75) is 18.6 Å². The number of rotatable bonds is 6. The van der Waals surface area contributed by atoms with E-state index in [9.17, 15) is 9.18 Å². The van der Waals surface area contributed by atoms with Gasteiger partial charge >= 0.3 is 0 Å². The van der Waals surface area contributed by atoms with Crippen LogP contribution in [0, 0.1) is 5.82 Å². The lowest BCUT2D eigenvalue weighted by atomic mass is 10.1. The quantitative estimate of drug-likeness (QED) is 0.380. The largest absolute Gasteiger partial charge is 0.411 e. The summed E-state index contributed by atoms with van der Waals surface area (Å²) in [6, 6.07) is 12.1. The van der Waals surface area contributed by atoms with Gasteiger partial charge < -0.3 is 9.40 Å². The number of hydrogen-bond acceptors (Lipinski definition) is 5. The maximum Gasteiger partial charge on any atom is 0.277 e. The van der Waals surface area contributed by atoms with Crippen molar-refractivity contribution in [1.82, 2.24) is 15.2 Å². The van der Waals surface area contributed by atoms with E-state index in [-0.39, 0.29) is 28.2 Å². The first kappa shape index (κ1) is 17.5. The van der Waals surface area contributed by atoms with E-state index in [1.807, 2.05) is 18.2 Å². The molecular weight excluding hydrogens is 365 g/mol. The Labute approximate surface area is 159 Å². The molecule has 7 heteroatoms. The Hall–Kier alpha value is -2.93. The number of aromatic nitrogens is 3. The van der Waals surface area contributed by atoms with E-state index in [1.54, 1.807) is 24.4 Å². The number of Topliss-reactive ketones (excluding diaryl/α,β-unsaturated/α-hetero) is 1. The van der Waals surface area contributed by atoms with Crippen LogP contribution >= 0.6 is 11.8 Å². The minimum atomic E-state index is -0.431. The molecule has 2 aromatic heterocycles. The number of carbonyl (C=O) groups is 1. The predicted molar refractivity (Wildman–Crippen MR) is 102 cm³/mol. The number of nitrogens with one attached hydrogen (secondary N) is 1. The predicted octanol–water partition coefficient (Wildman–Crippen LogP) is 4.89. The van der Waals surface area contributed by atoms with Gasteiger partial charge in [0.2, 0.25) is 0 Å². The van der Waals surface area contributed by atoms with Gasteiger partial charge in [0.1, 0.15) is 5.82 Å². The lowest BCUT2D eigenvalue weighted by Crippen LogP contribution is -2.01. The fourth-order valence-electron chi connectivity index (χ4n) is 2.96. The van der Waals surface area contributed by atoms with Gasteiger partial charge in [-0.2, -0.15) is 0 Å². The topological polar surface area (TPSA) is 71.8 Å². The van der Waals surface area contributed by atoms with Gasteiger partial charge in [-0.1, -0.05) is 49.0 Å². The maximum absolute atomic E-state index is 13.8. The third kappa shape index (κ3) is 3.38. The highest BCUT2D eigenvalue weighted by molar-refractivity contribution is 7.99. The van der Waals surface area contributed by atoms with Gasteiger partial charge in [0, 0.05) is 22.7 Å². The fourth-order valence-corrected chi connectivity index (χ4v) is 3.61. The molecule has 0 spiro atoms. The van der Waals surface area contributed by atoms with Crippen molar-refractivity contribution >= 4 is 28.4 Å². The molecule has 0 unspecified atom stereocenters. The van der Waals surface area contributed by atoms with Crippen molar-refractivity contribution in [3.05, 3.63) is 65.6 Å². The van der Waals surface area contributed by atoms with E-state index in [0.29, 0.717) is 5.56 Å². The Kier molecular flexibility index (Phi) is 4.77. The number of hydrogen-bond donors (Lipinski definition) is 1. The minimum absolute atomic E-state index is 0.0369. The standard InChI is InChI=1S/C20H16FN3O2S/c1-2-12-6-5-8-13-15(10-22-18(12)13)17(25)11-27-20-24-23-19(26-20)14-7-3-4-9-16(14)21/h3-10,22H,2,11H2,1H3. The number of carbonyl (C=O) groups excluding carboxylic acids is 1. The van der Waals surface area contributed by atoms with Crippen LogP contribution in [0.2, 0.25) is 0 Å². The molecule has 0 atom stereocenters. The van der Waals surface area contributed by atoms with Gasteiger partial charge in [-0.3, -0.25) is 4.79 Å². The van der Waals surface area contributed by atoms with Crippen LogP contribution in [0.25, 0.3) is 22.4 Å². The molecule has 136 valence electrons. The lowest BCUT2D eigenvalue weighted by molar-refractivity contribution is 0.102. The lowest BCUT2D eigenvalue weighted by Gasteiger charge is -2.00. The summed E-state index contributed by atoms with van der Waals surface area (Å²) in [5, 5.41) is 8.91. The van der Waals surface area contributed by atoms with Crippen molar-refractivity contribution in [2.24, 2.45) is 0 Å². The summed E-state index contributed by atoms with van der Waals surface area (Å²) in [6.07, 6.45) is 2.63. The van der Waals surface area contributed by atoms with Crippen molar-refractivity contribution in [3.63, 3.8) is 0 Å². The first-order chi connectivity index (χ1) is 13.2. The summed E-state index contributed by atoms with van der Waals surface area (Å²) in [4.78, 5) is 15.8. The zero-order valence-electron chi connectivity index (χ0n) is 14.5. The van der Waals surface area contributed by atoms with Gasteiger partial charge in [-0.15, -0.1) is 10.2 Å². The van der Waals surface area contributed by atoms with Crippen molar-refractivity contribution < 1.29 is 13.6 Å². The molecule has 0 fully saturated rings. The molecule has 0 bridgehead atoms. The Bertz CT molecular complexity index is 1120. The molecule has 0 saturated heterocycles. The van der Waals surface area contributed by atoms with Crippen LogP contribution in [0.3, 0.4) is 0 Å². The Morgan fingerprint density at radius 3 is 2.85 bits per heavy atom.